The molecule has 0 saturated heterocycles. The van der Waals surface area contributed by atoms with Gasteiger partial charge in [0.25, 0.3) is 0 Å². The van der Waals surface area contributed by atoms with Gasteiger partial charge in [0.15, 0.2) is 0 Å². The zero-order valence-corrected chi connectivity index (χ0v) is 7.13. The molecule has 1 aromatic heterocycles. The van der Waals surface area contributed by atoms with Crippen molar-refractivity contribution >= 4 is 11.6 Å². The van der Waals surface area contributed by atoms with Gasteiger partial charge in [-0.05, 0) is 6.92 Å². The molecule has 0 radical (unpaired) electrons. The standard InChI is InChI=1S/C8H12N2O2/c1-5(9)8-3-7(4-12-8)10-6(2)11/h3-5H,9H2,1-2H3,(H,10,11). The second-order valence-electron chi connectivity index (χ2n) is 2.71. The first-order valence-corrected chi connectivity index (χ1v) is 3.71. The molecule has 1 rings (SSSR count). The van der Waals surface area contributed by atoms with Crippen LogP contribution in [0.4, 0.5) is 5.69 Å². The second kappa shape index (κ2) is 3.40. The van der Waals surface area contributed by atoms with Crippen LogP contribution < -0.4 is 11.1 Å². The lowest BCUT2D eigenvalue weighted by Gasteiger charge is -1.96. The number of carbonyl (C=O) groups excluding carboxylic acids is 1. The van der Waals surface area contributed by atoms with Gasteiger partial charge in [-0.25, -0.2) is 0 Å². The van der Waals surface area contributed by atoms with Crippen molar-refractivity contribution < 1.29 is 9.21 Å². The van der Waals surface area contributed by atoms with Crippen LogP contribution in [0.15, 0.2) is 16.7 Å². The molecule has 0 spiro atoms. The molecule has 1 aromatic rings. The first kappa shape index (κ1) is 8.80. The Hall–Kier alpha value is -1.29. The molecule has 1 amide bonds. The highest BCUT2D eigenvalue weighted by molar-refractivity contribution is 5.88. The maximum absolute atomic E-state index is 10.6. The lowest BCUT2D eigenvalue weighted by atomic mass is 10.3. The minimum absolute atomic E-state index is 0.118. The van der Waals surface area contributed by atoms with Gasteiger partial charge < -0.3 is 15.5 Å². The summed E-state index contributed by atoms with van der Waals surface area (Å²) in [6.45, 7) is 3.26. The maximum atomic E-state index is 10.6. The van der Waals surface area contributed by atoms with Crippen molar-refractivity contribution in [3.05, 3.63) is 18.1 Å². The Labute approximate surface area is 70.7 Å². The highest BCUT2D eigenvalue weighted by Crippen LogP contribution is 2.17. The summed E-state index contributed by atoms with van der Waals surface area (Å²) in [7, 11) is 0. The van der Waals surface area contributed by atoms with Crippen LogP contribution in [0.2, 0.25) is 0 Å². The van der Waals surface area contributed by atoms with Crippen LogP contribution >= 0.6 is 0 Å². The van der Waals surface area contributed by atoms with Crippen molar-refractivity contribution in [3.8, 4) is 0 Å². The van der Waals surface area contributed by atoms with E-state index in [1.807, 2.05) is 6.92 Å². The SMILES string of the molecule is CC(=O)Nc1coc(C(C)N)c1. The number of carbonyl (C=O) groups is 1. The molecule has 0 aliphatic rings. The fourth-order valence-electron chi connectivity index (χ4n) is 0.860. The van der Waals surface area contributed by atoms with Gasteiger partial charge in [-0.15, -0.1) is 0 Å². The predicted octanol–water partition coefficient (Wildman–Crippen LogP) is 1.26. The van der Waals surface area contributed by atoms with Crippen molar-refractivity contribution in [1.82, 2.24) is 0 Å². The summed E-state index contributed by atoms with van der Waals surface area (Å²) in [4.78, 5) is 10.6. The number of hydrogen-bond donors (Lipinski definition) is 2. The Morgan fingerprint density at radius 2 is 2.42 bits per heavy atom. The summed E-state index contributed by atoms with van der Waals surface area (Å²) < 4.78 is 5.09. The molecule has 0 aliphatic carbocycles. The largest absolute Gasteiger partial charge is 0.465 e. The van der Waals surface area contributed by atoms with Crippen LogP contribution in [-0.4, -0.2) is 5.91 Å². The van der Waals surface area contributed by atoms with Gasteiger partial charge in [-0.1, -0.05) is 0 Å². The maximum Gasteiger partial charge on any atom is 0.221 e. The highest BCUT2D eigenvalue weighted by Gasteiger charge is 2.05. The second-order valence-corrected chi connectivity index (χ2v) is 2.71. The average molecular weight is 168 g/mol. The normalized spacial score (nSPS) is 12.6. The van der Waals surface area contributed by atoms with Gasteiger partial charge >= 0.3 is 0 Å². The number of amides is 1. The van der Waals surface area contributed by atoms with Crippen LogP contribution in [0.5, 0.6) is 0 Å². The Balaban J connectivity index is 2.70. The molecular weight excluding hydrogens is 156 g/mol. The fourth-order valence-corrected chi connectivity index (χ4v) is 0.860. The molecule has 3 N–H and O–H groups in total. The zero-order chi connectivity index (χ0) is 9.14. The van der Waals surface area contributed by atoms with Crippen molar-refractivity contribution in [2.24, 2.45) is 5.73 Å². The quantitative estimate of drug-likeness (QED) is 0.698. The van der Waals surface area contributed by atoms with E-state index in [9.17, 15) is 4.79 Å². The number of hydrogen-bond acceptors (Lipinski definition) is 3. The molecular formula is C8H12N2O2. The van der Waals surface area contributed by atoms with Crippen LogP contribution in [0.3, 0.4) is 0 Å². The molecule has 4 heteroatoms. The Morgan fingerprint density at radius 3 is 2.83 bits per heavy atom. The lowest BCUT2D eigenvalue weighted by Crippen LogP contribution is -2.05. The van der Waals surface area contributed by atoms with Crippen LogP contribution in [0.25, 0.3) is 0 Å². The molecule has 66 valence electrons. The van der Waals surface area contributed by atoms with Crippen LogP contribution in [0.1, 0.15) is 25.6 Å². The van der Waals surface area contributed by atoms with Gasteiger partial charge in [0.1, 0.15) is 12.0 Å². The minimum atomic E-state index is -0.146. The van der Waals surface area contributed by atoms with Gasteiger partial charge in [-0.2, -0.15) is 0 Å². The van der Waals surface area contributed by atoms with E-state index < -0.39 is 0 Å². The molecule has 4 nitrogen and oxygen atoms in total. The molecule has 1 atom stereocenters. The molecule has 0 saturated carbocycles. The number of furan rings is 1. The van der Waals surface area contributed by atoms with E-state index in [2.05, 4.69) is 5.32 Å². The molecule has 0 fully saturated rings. The van der Waals surface area contributed by atoms with E-state index in [1.54, 1.807) is 6.07 Å². The highest BCUT2D eigenvalue weighted by atomic mass is 16.3. The molecule has 1 unspecified atom stereocenters. The first-order valence-electron chi connectivity index (χ1n) is 3.71. The number of nitrogens with one attached hydrogen (secondary N) is 1. The van der Waals surface area contributed by atoms with E-state index in [0.29, 0.717) is 11.4 Å². The number of nitrogens with two attached hydrogens (primary N) is 1. The zero-order valence-electron chi connectivity index (χ0n) is 7.13. The van der Waals surface area contributed by atoms with Gasteiger partial charge in [0.2, 0.25) is 5.91 Å². The predicted molar refractivity (Wildman–Crippen MR) is 45.6 cm³/mol. The molecule has 0 aromatic carbocycles. The smallest absolute Gasteiger partial charge is 0.221 e. The Kier molecular flexibility index (Phi) is 2.50. The van der Waals surface area contributed by atoms with Crippen molar-refractivity contribution in [2.45, 2.75) is 19.9 Å². The van der Waals surface area contributed by atoms with Gasteiger partial charge in [0.05, 0.1) is 11.7 Å². The summed E-state index contributed by atoms with van der Waals surface area (Å²) in [5, 5.41) is 2.59. The van der Waals surface area contributed by atoms with E-state index in [1.165, 1.54) is 13.2 Å². The van der Waals surface area contributed by atoms with Crippen LogP contribution in [-0.2, 0) is 4.79 Å². The van der Waals surface area contributed by atoms with E-state index in [-0.39, 0.29) is 11.9 Å². The van der Waals surface area contributed by atoms with Crippen molar-refractivity contribution in [2.75, 3.05) is 5.32 Å². The third-order valence-electron chi connectivity index (χ3n) is 1.39. The summed E-state index contributed by atoms with van der Waals surface area (Å²) in [5.74, 6) is 0.547. The summed E-state index contributed by atoms with van der Waals surface area (Å²) >= 11 is 0. The Morgan fingerprint density at radius 1 is 1.75 bits per heavy atom. The fraction of sp³-hybridized carbons (Fsp3) is 0.375. The summed E-state index contributed by atoms with van der Waals surface area (Å²) in [6, 6.07) is 1.57. The van der Waals surface area contributed by atoms with Gasteiger partial charge in [0, 0.05) is 13.0 Å². The molecule has 1 heterocycles. The van der Waals surface area contributed by atoms with Crippen LogP contribution in [0, 0.1) is 0 Å². The Bertz CT molecular complexity index is 278. The molecule has 0 aliphatic heterocycles. The monoisotopic (exact) mass is 168 g/mol. The van der Waals surface area contributed by atoms with Crippen molar-refractivity contribution in [3.63, 3.8) is 0 Å². The van der Waals surface area contributed by atoms with E-state index in [4.69, 9.17) is 10.2 Å². The number of rotatable bonds is 2. The van der Waals surface area contributed by atoms with Crippen molar-refractivity contribution in [1.29, 1.82) is 0 Å². The van der Waals surface area contributed by atoms with Gasteiger partial charge in [-0.3, -0.25) is 4.79 Å². The third-order valence-corrected chi connectivity index (χ3v) is 1.39. The first-order chi connectivity index (χ1) is 5.59. The average Bonchev–Trinajstić information content (AvgIpc) is 2.34. The van der Waals surface area contributed by atoms with E-state index in [0.717, 1.165) is 0 Å². The molecule has 12 heavy (non-hydrogen) atoms. The minimum Gasteiger partial charge on any atom is -0.465 e. The molecule has 0 bridgehead atoms. The van der Waals surface area contributed by atoms with E-state index >= 15 is 0 Å². The third kappa shape index (κ3) is 2.10. The number of anilines is 1. The summed E-state index contributed by atoms with van der Waals surface area (Å²) in [6.07, 6.45) is 1.47. The lowest BCUT2D eigenvalue weighted by molar-refractivity contribution is -0.114. The summed E-state index contributed by atoms with van der Waals surface area (Å²) in [5.41, 5.74) is 6.20. The topological polar surface area (TPSA) is 68.3 Å².